The van der Waals surface area contributed by atoms with Crippen LogP contribution in [-0.2, 0) is 25.7 Å². The maximum atomic E-state index is 12.3. The molecule has 0 radical (unpaired) electrons. The lowest BCUT2D eigenvalue weighted by Gasteiger charge is -2.15. The Labute approximate surface area is 183 Å². The van der Waals surface area contributed by atoms with E-state index in [4.69, 9.17) is 9.47 Å². The lowest BCUT2D eigenvalue weighted by molar-refractivity contribution is 0.0562. The minimum Gasteiger partial charge on any atom is -0.434 e. The average molecular weight is 442 g/mol. The predicted molar refractivity (Wildman–Crippen MR) is 120 cm³/mol. The number of hydrogen-bond acceptors (Lipinski definition) is 5. The van der Waals surface area contributed by atoms with Gasteiger partial charge in [-0.25, -0.2) is 13.2 Å². The number of carbonyl (C=O) groups is 1. The Hall–Kier alpha value is -3.06. The molecule has 31 heavy (non-hydrogen) atoms. The van der Waals surface area contributed by atoms with Crippen LogP contribution < -0.4 is 0 Å². The van der Waals surface area contributed by atoms with E-state index in [1.54, 1.807) is 12.1 Å². The highest BCUT2D eigenvalue weighted by molar-refractivity contribution is 7.90. The van der Waals surface area contributed by atoms with Gasteiger partial charge in [-0.05, 0) is 53.8 Å². The van der Waals surface area contributed by atoms with E-state index < -0.39 is 16.0 Å². The predicted octanol–water partition coefficient (Wildman–Crippen LogP) is 4.96. The van der Waals surface area contributed by atoms with E-state index in [-0.39, 0.29) is 11.5 Å². The van der Waals surface area contributed by atoms with Crippen molar-refractivity contribution in [3.8, 4) is 16.8 Å². The van der Waals surface area contributed by atoms with Gasteiger partial charge in [-0.15, -0.1) is 0 Å². The van der Waals surface area contributed by atoms with Crippen molar-refractivity contribution in [2.24, 2.45) is 0 Å². The largest absolute Gasteiger partial charge is 0.508 e. The Morgan fingerprint density at radius 1 is 1.03 bits per heavy atom. The summed E-state index contributed by atoms with van der Waals surface area (Å²) >= 11 is 0. The number of aromatic nitrogens is 1. The van der Waals surface area contributed by atoms with Gasteiger partial charge in [0.25, 0.3) is 0 Å². The second kappa shape index (κ2) is 9.83. The molecule has 1 heterocycles. The summed E-state index contributed by atoms with van der Waals surface area (Å²) in [5.74, 6) is 0. The van der Waals surface area contributed by atoms with Crippen molar-refractivity contribution < 1.29 is 22.7 Å². The zero-order chi connectivity index (χ0) is 22.4. The molecule has 0 saturated carbocycles. The standard InChI is InChI=1S/C24H27NO5S/c1-4-13-29-24(26)30-14-11-19-10-12-25(17-19)23-16-21(31(3,27)28)15-22(18(23)2)20-8-6-5-7-9-20/h5-10,12,15-17H,4,11,13-14H2,1-3H3. The van der Waals surface area contributed by atoms with Crippen LogP contribution in [0.4, 0.5) is 4.79 Å². The fourth-order valence-corrected chi connectivity index (χ4v) is 3.95. The summed E-state index contributed by atoms with van der Waals surface area (Å²) in [6.45, 7) is 4.45. The second-order valence-corrected chi connectivity index (χ2v) is 9.39. The van der Waals surface area contributed by atoms with Crippen molar-refractivity contribution in [2.45, 2.75) is 31.6 Å². The first-order chi connectivity index (χ1) is 14.8. The van der Waals surface area contributed by atoms with E-state index in [0.717, 1.165) is 34.4 Å². The van der Waals surface area contributed by atoms with Crippen LogP contribution in [-0.4, -0.2) is 38.6 Å². The van der Waals surface area contributed by atoms with Crippen molar-refractivity contribution in [2.75, 3.05) is 19.5 Å². The molecule has 1 aromatic heterocycles. The van der Waals surface area contributed by atoms with E-state index >= 15 is 0 Å². The van der Waals surface area contributed by atoms with Crippen LogP contribution in [0, 0.1) is 6.92 Å². The van der Waals surface area contributed by atoms with Gasteiger partial charge in [0.05, 0.1) is 18.1 Å². The SMILES string of the molecule is CCCOC(=O)OCCc1ccn(-c2cc(S(C)(=O)=O)cc(-c3ccccc3)c2C)c1. The molecule has 0 fully saturated rings. The monoisotopic (exact) mass is 441 g/mol. The molecule has 0 atom stereocenters. The second-order valence-electron chi connectivity index (χ2n) is 7.38. The summed E-state index contributed by atoms with van der Waals surface area (Å²) in [4.78, 5) is 11.7. The lowest BCUT2D eigenvalue weighted by Crippen LogP contribution is -2.10. The first kappa shape index (κ1) is 22.6. The topological polar surface area (TPSA) is 74.6 Å². The van der Waals surface area contributed by atoms with Gasteiger partial charge < -0.3 is 14.0 Å². The van der Waals surface area contributed by atoms with E-state index in [9.17, 15) is 13.2 Å². The quantitative estimate of drug-likeness (QED) is 0.462. The maximum absolute atomic E-state index is 12.3. The number of ether oxygens (including phenoxy) is 2. The number of carbonyl (C=O) groups excluding carboxylic acids is 1. The van der Waals surface area contributed by atoms with Crippen LogP contribution in [0.25, 0.3) is 16.8 Å². The van der Waals surface area contributed by atoms with E-state index in [1.807, 2.05) is 67.2 Å². The lowest BCUT2D eigenvalue weighted by atomic mass is 9.99. The zero-order valence-electron chi connectivity index (χ0n) is 18.0. The van der Waals surface area contributed by atoms with Crippen molar-refractivity contribution in [1.82, 2.24) is 4.57 Å². The molecule has 3 rings (SSSR count). The van der Waals surface area contributed by atoms with Crippen molar-refractivity contribution in [3.63, 3.8) is 0 Å². The molecule has 0 saturated heterocycles. The molecule has 164 valence electrons. The Bertz CT molecular complexity index is 1150. The van der Waals surface area contributed by atoms with Crippen LogP contribution in [0.15, 0.2) is 65.8 Å². The third-order valence-electron chi connectivity index (χ3n) is 4.93. The number of sulfone groups is 1. The van der Waals surface area contributed by atoms with Crippen LogP contribution in [0.5, 0.6) is 0 Å². The number of nitrogens with zero attached hydrogens (tertiary/aromatic N) is 1. The van der Waals surface area contributed by atoms with Gasteiger partial charge in [0.2, 0.25) is 0 Å². The summed E-state index contributed by atoms with van der Waals surface area (Å²) in [5, 5.41) is 0. The highest BCUT2D eigenvalue weighted by Crippen LogP contribution is 2.31. The number of benzene rings is 2. The molecule has 0 amide bonds. The highest BCUT2D eigenvalue weighted by Gasteiger charge is 2.16. The van der Waals surface area contributed by atoms with Crippen LogP contribution >= 0.6 is 0 Å². The number of hydrogen-bond donors (Lipinski definition) is 0. The molecule has 0 aliphatic heterocycles. The third kappa shape index (κ3) is 5.76. The van der Waals surface area contributed by atoms with Gasteiger partial charge >= 0.3 is 6.16 Å². The van der Waals surface area contributed by atoms with Gasteiger partial charge in [-0.1, -0.05) is 37.3 Å². The van der Waals surface area contributed by atoms with Gasteiger partial charge in [0.15, 0.2) is 9.84 Å². The highest BCUT2D eigenvalue weighted by atomic mass is 32.2. The molecule has 0 N–H and O–H groups in total. The molecule has 0 unspecified atom stereocenters. The fraction of sp³-hybridized carbons (Fsp3) is 0.292. The van der Waals surface area contributed by atoms with Crippen molar-refractivity contribution >= 4 is 16.0 Å². The first-order valence-corrected chi connectivity index (χ1v) is 12.1. The summed E-state index contributed by atoms with van der Waals surface area (Å²) < 4.78 is 36.5. The van der Waals surface area contributed by atoms with E-state index in [0.29, 0.717) is 13.0 Å². The van der Waals surface area contributed by atoms with Gasteiger partial charge in [-0.2, -0.15) is 0 Å². The smallest absolute Gasteiger partial charge is 0.434 e. The molecule has 2 aromatic carbocycles. The average Bonchev–Trinajstić information content (AvgIpc) is 3.21. The Morgan fingerprint density at radius 2 is 1.74 bits per heavy atom. The van der Waals surface area contributed by atoms with Crippen molar-refractivity contribution in [3.05, 3.63) is 72.1 Å². The van der Waals surface area contributed by atoms with Crippen LogP contribution in [0.3, 0.4) is 0 Å². The first-order valence-electron chi connectivity index (χ1n) is 10.2. The summed E-state index contributed by atoms with van der Waals surface area (Å²) in [7, 11) is -3.39. The molecule has 0 aliphatic carbocycles. The van der Waals surface area contributed by atoms with Crippen LogP contribution in [0.1, 0.15) is 24.5 Å². The molecule has 7 heteroatoms. The molecule has 3 aromatic rings. The van der Waals surface area contributed by atoms with Crippen molar-refractivity contribution in [1.29, 1.82) is 0 Å². The summed E-state index contributed by atoms with van der Waals surface area (Å²) in [5.41, 5.74) is 4.55. The normalized spacial score (nSPS) is 11.3. The number of rotatable bonds is 8. The Morgan fingerprint density at radius 3 is 2.42 bits per heavy atom. The third-order valence-corrected chi connectivity index (χ3v) is 6.03. The Kier molecular flexibility index (Phi) is 7.17. The molecular formula is C24H27NO5S. The zero-order valence-corrected chi connectivity index (χ0v) is 18.8. The fourth-order valence-electron chi connectivity index (χ4n) is 3.29. The van der Waals surface area contributed by atoms with Gasteiger partial charge in [-0.3, -0.25) is 0 Å². The van der Waals surface area contributed by atoms with Gasteiger partial charge in [0, 0.05) is 30.8 Å². The summed E-state index contributed by atoms with van der Waals surface area (Å²) in [6.07, 6.45) is 5.63. The minimum absolute atomic E-state index is 0.212. The van der Waals surface area contributed by atoms with Crippen LogP contribution in [0.2, 0.25) is 0 Å². The van der Waals surface area contributed by atoms with E-state index in [1.165, 1.54) is 6.26 Å². The molecule has 0 aliphatic rings. The minimum atomic E-state index is -3.39. The molecule has 6 nitrogen and oxygen atoms in total. The Balaban J connectivity index is 1.88. The van der Waals surface area contributed by atoms with E-state index in [2.05, 4.69) is 0 Å². The molecule has 0 bridgehead atoms. The molecular weight excluding hydrogens is 414 g/mol. The molecule has 0 spiro atoms. The summed E-state index contributed by atoms with van der Waals surface area (Å²) in [6, 6.07) is 15.1. The maximum Gasteiger partial charge on any atom is 0.508 e. The van der Waals surface area contributed by atoms with Gasteiger partial charge in [0.1, 0.15) is 0 Å².